The van der Waals surface area contributed by atoms with Gasteiger partial charge in [0.05, 0.1) is 0 Å². The quantitative estimate of drug-likeness (QED) is 0.575. The van der Waals surface area contributed by atoms with Gasteiger partial charge in [0.15, 0.2) is 5.72 Å². The summed E-state index contributed by atoms with van der Waals surface area (Å²) in [4.78, 5) is 10.8. The Morgan fingerprint density at radius 3 is 2.50 bits per heavy atom. The smallest absolute Gasteiger partial charge is 0.246 e. The van der Waals surface area contributed by atoms with Crippen LogP contribution in [0.15, 0.2) is 11.6 Å². The lowest BCUT2D eigenvalue weighted by molar-refractivity contribution is -0.120. The molecule has 1 rings (SSSR count). The third-order valence-electron chi connectivity index (χ3n) is 1.87. The zero-order valence-corrected chi connectivity index (χ0v) is 6.39. The van der Waals surface area contributed by atoms with Crippen LogP contribution in [-0.4, -0.2) is 18.7 Å². The second kappa shape index (κ2) is 2.09. The van der Waals surface area contributed by atoms with Crippen LogP contribution < -0.4 is 5.32 Å². The maximum Gasteiger partial charge on any atom is 0.246 e. The molecule has 3 nitrogen and oxygen atoms in total. The molecule has 10 heavy (non-hydrogen) atoms. The molecule has 0 bridgehead atoms. The van der Waals surface area contributed by atoms with Crippen molar-refractivity contribution in [2.45, 2.75) is 19.6 Å². The topological polar surface area (TPSA) is 38.3 Å². The van der Waals surface area contributed by atoms with Gasteiger partial charge in [0, 0.05) is 13.2 Å². The summed E-state index contributed by atoms with van der Waals surface area (Å²) in [5, 5.41) is 2.68. The van der Waals surface area contributed by atoms with Crippen molar-refractivity contribution in [3.63, 3.8) is 0 Å². The Labute approximate surface area is 60.1 Å². The Hall–Kier alpha value is -0.830. The molecule has 0 aromatic carbocycles. The van der Waals surface area contributed by atoms with Gasteiger partial charge < -0.3 is 10.1 Å². The predicted octanol–water partition coefficient (Wildman–Crippen LogP) is 0.425. The molecule has 0 saturated carbocycles. The lowest BCUT2D eigenvalue weighted by Crippen LogP contribution is -2.42. The Morgan fingerprint density at radius 2 is 2.30 bits per heavy atom. The fourth-order valence-electron chi connectivity index (χ4n) is 0.916. The molecule has 1 atom stereocenters. The van der Waals surface area contributed by atoms with Gasteiger partial charge in [0.2, 0.25) is 5.91 Å². The monoisotopic (exact) mass is 141 g/mol. The number of ether oxygens (including phenoxy) is 1. The average Bonchev–Trinajstić information content (AvgIpc) is 2.09. The van der Waals surface area contributed by atoms with E-state index in [0.29, 0.717) is 0 Å². The van der Waals surface area contributed by atoms with Gasteiger partial charge >= 0.3 is 0 Å². The van der Waals surface area contributed by atoms with Crippen LogP contribution in [0.5, 0.6) is 0 Å². The van der Waals surface area contributed by atoms with Crippen molar-refractivity contribution in [3.05, 3.63) is 11.6 Å². The van der Waals surface area contributed by atoms with Gasteiger partial charge in [0.1, 0.15) is 0 Å². The molecule has 1 heterocycles. The third-order valence-corrected chi connectivity index (χ3v) is 1.87. The first-order valence-electron chi connectivity index (χ1n) is 3.14. The summed E-state index contributed by atoms with van der Waals surface area (Å²) < 4.78 is 5.08. The molecule has 1 unspecified atom stereocenters. The van der Waals surface area contributed by atoms with E-state index < -0.39 is 5.72 Å². The summed E-state index contributed by atoms with van der Waals surface area (Å²) in [5.41, 5.74) is 0.344. The van der Waals surface area contributed by atoms with Crippen LogP contribution in [0.3, 0.4) is 0 Å². The van der Waals surface area contributed by atoms with Crippen molar-refractivity contribution in [3.8, 4) is 0 Å². The minimum Gasteiger partial charge on any atom is -0.355 e. The molecule has 1 amide bonds. The highest BCUT2D eigenvalue weighted by atomic mass is 16.5. The van der Waals surface area contributed by atoms with Crippen molar-refractivity contribution < 1.29 is 9.53 Å². The molecular weight excluding hydrogens is 130 g/mol. The van der Waals surface area contributed by atoms with E-state index in [1.807, 2.05) is 13.8 Å². The van der Waals surface area contributed by atoms with Gasteiger partial charge in [-0.3, -0.25) is 4.79 Å². The number of carbonyl (C=O) groups is 1. The zero-order chi connectivity index (χ0) is 7.78. The molecule has 0 aromatic rings. The zero-order valence-electron chi connectivity index (χ0n) is 6.39. The number of hydrogen-bond donors (Lipinski definition) is 1. The Kier molecular flexibility index (Phi) is 1.52. The molecule has 0 aromatic heterocycles. The highest BCUT2D eigenvalue weighted by Crippen LogP contribution is 2.20. The largest absolute Gasteiger partial charge is 0.355 e. The fraction of sp³-hybridized carbons (Fsp3) is 0.571. The molecular formula is C7H11NO2. The maximum absolute atomic E-state index is 10.8. The van der Waals surface area contributed by atoms with Gasteiger partial charge in [-0.1, -0.05) is 0 Å². The Bertz CT molecular complexity index is 198. The van der Waals surface area contributed by atoms with E-state index in [2.05, 4.69) is 5.32 Å². The van der Waals surface area contributed by atoms with Crippen LogP contribution >= 0.6 is 0 Å². The summed E-state index contributed by atoms with van der Waals surface area (Å²) >= 11 is 0. The normalized spacial score (nSPS) is 31.9. The van der Waals surface area contributed by atoms with E-state index in [1.54, 1.807) is 13.2 Å². The molecule has 0 radical (unpaired) electrons. The molecule has 1 aliphatic heterocycles. The third kappa shape index (κ3) is 0.926. The standard InChI is InChI=1S/C7H11NO2/c1-5-4-6(9)8-7(5,2)10-3/h4H,1-3H3,(H,8,9). The summed E-state index contributed by atoms with van der Waals surface area (Å²) in [6.07, 6.45) is 1.55. The molecule has 1 aliphatic rings. The minimum atomic E-state index is -0.572. The van der Waals surface area contributed by atoms with Crippen LogP contribution in [0, 0.1) is 0 Å². The number of hydrogen-bond acceptors (Lipinski definition) is 2. The van der Waals surface area contributed by atoms with E-state index >= 15 is 0 Å². The summed E-state index contributed by atoms with van der Waals surface area (Å²) in [5.74, 6) is -0.0816. The van der Waals surface area contributed by atoms with E-state index in [9.17, 15) is 4.79 Å². The van der Waals surface area contributed by atoms with Crippen molar-refractivity contribution in [1.82, 2.24) is 5.32 Å². The first-order valence-corrected chi connectivity index (χ1v) is 3.14. The molecule has 0 spiro atoms. The van der Waals surface area contributed by atoms with Gasteiger partial charge in [-0.15, -0.1) is 0 Å². The highest BCUT2D eigenvalue weighted by Gasteiger charge is 2.32. The molecule has 0 aliphatic carbocycles. The van der Waals surface area contributed by atoms with Gasteiger partial charge in [-0.2, -0.15) is 0 Å². The lowest BCUT2D eigenvalue weighted by atomic mass is 10.1. The van der Waals surface area contributed by atoms with Crippen LogP contribution in [-0.2, 0) is 9.53 Å². The van der Waals surface area contributed by atoms with E-state index in [-0.39, 0.29) is 5.91 Å². The molecule has 3 heteroatoms. The highest BCUT2D eigenvalue weighted by molar-refractivity contribution is 5.92. The number of amides is 1. The molecule has 56 valence electrons. The molecule has 0 saturated heterocycles. The minimum absolute atomic E-state index is 0.0816. The van der Waals surface area contributed by atoms with Crippen molar-refractivity contribution in [2.75, 3.05) is 7.11 Å². The van der Waals surface area contributed by atoms with Gasteiger partial charge in [0.25, 0.3) is 0 Å². The Balaban J connectivity index is 2.86. The van der Waals surface area contributed by atoms with Crippen LogP contribution in [0.2, 0.25) is 0 Å². The molecule has 0 fully saturated rings. The van der Waals surface area contributed by atoms with E-state index in [1.165, 1.54) is 0 Å². The van der Waals surface area contributed by atoms with E-state index in [4.69, 9.17) is 4.74 Å². The second-order valence-electron chi connectivity index (χ2n) is 2.55. The van der Waals surface area contributed by atoms with Crippen LogP contribution in [0.1, 0.15) is 13.8 Å². The molecule has 1 N–H and O–H groups in total. The van der Waals surface area contributed by atoms with Crippen molar-refractivity contribution in [1.29, 1.82) is 0 Å². The van der Waals surface area contributed by atoms with Crippen molar-refractivity contribution in [2.24, 2.45) is 0 Å². The van der Waals surface area contributed by atoms with Gasteiger partial charge in [-0.25, -0.2) is 0 Å². The second-order valence-corrected chi connectivity index (χ2v) is 2.55. The van der Waals surface area contributed by atoms with Crippen LogP contribution in [0.4, 0.5) is 0 Å². The van der Waals surface area contributed by atoms with E-state index in [0.717, 1.165) is 5.57 Å². The average molecular weight is 141 g/mol. The summed E-state index contributed by atoms with van der Waals surface area (Å²) in [6, 6.07) is 0. The number of nitrogens with one attached hydrogen (secondary N) is 1. The van der Waals surface area contributed by atoms with Crippen LogP contribution in [0.25, 0.3) is 0 Å². The fourth-order valence-corrected chi connectivity index (χ4v) is 0.916. The lowest BCUT2D eigenvalue weighted by Gasteiger charge is -2.24. The summed E-state index contributed by atoms with van der Waals surface area (Å²) in [7, 11) is 1.57. The number of rotatable bonds is 1. The maximum atomic E-state index is 10.8. The number of carbonyl (C=O) groups excluding carboxylic acids is 1. The van der Waals surface area contributed by atoms with Gasteiger partial charge in [-0.05, 0) is 19.4 Å². The summed E-state index contributed by atoms with van der Waals surface area (Å²) in [6.45, 7) is 3.69. The first kappa shape index (κ1) is 7.28. The first-order chi connectivity index (χ1) is 4.58. The number of methoxy groups -OCH3 is 1. The predicted molar refractivity (Wildman–Crippen MR) is 37.3 cm³/mol. The van der Waals surface area contributed by atoms with Crippen molar-refractivity contribution >= 4 is 5.91 Å². The Morgan fingerprint density at radius 1 is 1.70 bits per heavy atom. The SMILES string of the molecule is COC1(C)NC(=O)C=C1C.